The van der Waals surface area contributed by atoms with Gasteiger partial charge in [-0.25, -0.2) is 0 Å². The Balaban J connectivity index is 2.43. The van der Waals surface area contributed by atoms with Crippen molar-refractivity contribution in [3.05, 3.63) is 35.8 Å². The van der Waals surface area contributed by atoms with Crippen LogP contribution in [0.2, 0.25) is 0 Å². The van der Waals surface area contributed by atoms with Crippen LogP contribution in [0.1, 0.15) is 19.8 Å². The molecule has 4 heteroatoms. The normalized spacial score (nSPS) is 17.4. The molecule has 4 nitrogen and oxygen atoms in total. The maximum absolute atomic E-state index is 9.26. The smallest absolute Gasteiger partial charge is 0.140 e. The molecule has 90 valence electrons. The van der Waals surface area contributed by atoms with Gasteiger partial charge in [-0.1, -0.05) is 6.58 Å². The molecule has 1 aliphatic rings. The number of nitrogens with two attached hydrogens (primary N) is 1. The second-order valence-electron chi connectivity index (χ2n) is 3.57. The largest absolute Gasteiger partial charge is 0.508 e. The lowest BCUT2D eigenvalue weighted by Gasteiger charge is -2.17. The first-order chi connectivity index (χ1) is 7.63. The summed E-state index contributed by atoms with van der Waals surface area (Å²) in [6.07, 6.45) is 4.96. The minimum absolute atomic E-state index is 0.100. The van der Waals surface area contributed by atoms with E-state index in [1.54, 1.807) is 6.08 Å². The van der Waals surface area contributed by atoms with Gasteiger partial charge in [0.1, 0.15) is 24.4 Å². The van der Waals surface area contributed by atoms with E-state index < -0.39 is 6.23 Å². The Kier molecular flexibility index (Phi) is 5.08. The van der Waals surface area contributed by atoms with Gasteiger partial charge < -0.3 is 20.3 Å². The Morgan fingerprint density at radius 3 is 3.06 bits per heavy atom. The summed E-state index contributed by atoms with van der Waals surface area (Å²) >= 11 is 0. The maximum atomic E-state index is 9.26. The van der Waals surface area contributed by atoms with Gasteiger partial charge in [0.2, 0.25) is 0 Å². The van der Waals surface area contributed by atoms with E-state index in [1.165, 1.54) is 0 Å². The molecular weight excluding hydrogens is 206 g/mol. The number of hydrogen-bond acceptors (Lipinski definition) is 4. The van der Waals surface area contributed by atoms with Gasteiger partial charge in [0.05, 0.1) is 0 Å². The van der Waals surface area contributed by atoms with Crippen molar-refractivity contribution in [3.8, 4) is 0 Å². The van der Waals surface area contributed by atoms with Crippen molar-refractivity contribution in [3.63, 3.8) is 0 Å². The Morgan fingerprint density at radius 1 is 1.69 bits per heavy atom. The van der Waals surface area contributed by atoms with Crippen molar-refractivity contribution < 1.29 is 14.6 Å². The molecule has 1 aliphatic carbocycles. The third-order valence-corrected chi connectivity index (χ3v) is 2.24. The zero-order valence-corrected chi connectivity index (χ0v) is 9.61. The van der Waals surface area contributed by atoms with E-state index in [4.69, 9.17) is 15.2 Å². The van der Waals surface area contributed by atoms with Crippen LogP contribution in [-0.2, 0) is 9.47 Å². The molecule has 0 fully saturated rings. The highest BCUT2D eigenvalue weighted by Gasteiger charge is 2.10. The van der Waals surface area contributed by atoms with Crippen molar-refractivity contribution in [2.75, 3.05) is 13.2 Å². The van der Waals surface area contributed by atoms with Crippen LogP contribution in [0.3, 0.4) is 0 Å². The zero-order chi connectivity index (χ0) is 12.0. The van der Waals surface area contributed by atoms with E-state index in [9.17, 15) is 5.11 Å². The summed E-state index contributed by atoms with van der Waals surface area (Å²) in [5.74, 6) is 0.815. The number of rotatable bonds is 6. The van der Waals surface area contributed by atoms with Crippen LogP contribution in [0.15, 0.2) is 35.8 Å². The Bertz CT molecular complexity index is 307. The quantitative estimate of drug-likeness (QED) is 0.536. The second-order valence-corrected chi connectivity index (χ2v) is 3.57. The topological polar surface area (TPSA) is 64.7 Å². The van der Waals surface area contributed by atoms with Crippen LogP contribution in [0.4, 0.5) is 0 Å². The molecule has 0 amide bonds. The minimum atomic E-state index is -0.415. The van der Waals surface area contributed by atoms with Gasteiger partial charge in [0.25, 0.3) is 0 Å². The number of aliphatic hydroxyl groups is 1. The highest BCUT2D eigenvalue weighted by Crippen LogP contribution is 2.21. The molecule has 0 radical (unpaired) electrons. The Morgan fingerprint density at radius 2 is 2.44 bits per heavy atom. The van der Waals surface area contributed by atoms with Gasteiger partial charge >= 0.3 is 0 Å². The maximum Gasteiger partial charge on any atom is 0.140 e. The van der Waals surface area contributed by atoms with Gasteiger partial charge in [-0.2, -0.15) is 0 Å². The summed E-state index contributed by atoms with van der Waals surface area (Å²) in [6, 6.07) is 0. The second kappa shape index (κ2) is 6.35. The van der Waals surface area contributed by atoms with Gasteiger partial charge in [-0.3, -0.25) is 0 Å². The van der Waals surface area contributed by atoms with Crippen molar-refractivity contribution >= 4 is 0 Å². The molecule has 1 unspecified atom stereocenters. The third-order valence-electron chi connectivity index (χ3n) is 2.24. The van der Waals surface area contributed by atoms with E-state index in [0.29, 0.717) is 19.0 Å². The standard InChI is InChI=1S/C12H19NO3/c1-3-15-12(13)8-16-11-6-4-5-10(7-11)9(2)14/h6-7,12,14H,2-5,8,13H2,1H3. The van der Waals surface area contributed by atoms with Gasteiger partial charge in [0.15, 0.2) is 0 Å². The monoisotopic (exact) mass is 225 g/mol. The summed E-state index contributed by atoms with van der Waals surface area (Å²) in [6.45, 7) is 6.25. The van der Waals surface area contributed by atoms with E-state index in [2.05, 4.69) is 6.58 Å². The number of hydrogen-bond donors (Lipinski definition) is 2. The van der Waals surface area contributed by atoms with Crippen molar-refractivity contribution in [2.45, 2.75) is 26.0 Å². The summed E-state index contributed by atoms with van der Waals surface area (Å²) < 4.78 is 10.6. The summed E-state index contributed by atoms with van der Waals surface area (Å²) in [7, 11) is 0. The van der Waals surface area contributed by atoms with E-state index in [-0.39, 0.29) is 5.76 Å². The van der Waals surface area contributed by atoms with Crippen LogP contribution in [0, 0.1) is 0 Å². The fourth-order valence-electron chi connectivity index (χ4n) is 1.44. The van der Waals surface area contributed by atoms with Crippen LogP contribution in [0.25, 0.3) is 0 Å². The average molecular weight is 225 g/mol. The predicted molar refractivity (Wildman–Crippen MR) is 62.7 cm³/mol. The first-order valence-corrected chi connectivity index (χ1v) is 5.42. The fraction of sp³-hybridized carbons (Fsp3) is 0.500. The third kappa shape index (κ3) is 4.08. The van der Waals surface area contributed by atoms with Crippen molar-refractivity contribution in [1.29, 1.82) is 0 Å². The summed E-state index contributed by atoms with van der Waals surface area (Å²) in [5, 5.41) is 9.26. The molecule has 1 rings (SSSR count). The van der Waals surface area contributed by atoms with Crippen LogP contribution < -0.4 is 5.73 Å². The first kappa shape index (κ1) is 12.8. The van der Waals surface area contributed by atoms with Crippen molar-refractivity contribution in [2.24, 2.45) is 5.73 Å². The molecule has 0 aromatic rings. The molecule has 0 saturated carbocycles. The molecule has 0 aromatic carbocycles. The van der Waals surface area contributed by atoms with E-state index in [0.717, 1.165) is 18.4 Å². The van der Waals surface area contributed by atoms with E-state index >= 15 is 0 Å². The highest BCUT2D eigenvalue weighted by molar-refractivity contribution is 5.32. The molecule has 0 aliphatic heterocycles. The lowest BCUT2D eigenvalue weighted by atomic mass is 10.0. The number of aliphatic hydroxyl groups excluding tert-OH is 1. The van der Waals surface area contributed by atoms with Crippen molar-refractivity contribution in [1.82, 2.24) is 0 Å². The highest BCUT2D eigenvalue weighted by atomic mass is 16.5. The lowest BCUT2D eigenvalue weighted by Crippen LogP contribution is -2.29. The summed E-state index contributed by atoms with van der Waals surface area (Å²) in [4.78, 5) is 0. The molecule has 0 aromatic heterocycles. The molecule has 16 heavy (non-hydrogen) atoms. The SMILES string of the molecule is C=C(O)C1=CC(OCC(N)OCC)=CCC1. The number of ether oxygens (including phenoxy) is 2. The molecule has 0 bridgehead atoms. The molecular formula is C12H19NO3. The Hall–Kier alpha value is -1.26. The first-order valence-electron chi connectivity index (χ1n) is 5.42. The summed E-state index contributed by atoms with van der Waals surface area (Å²) in [5.41, 5.74) is 6.44. The molecule has 0 saturated heterocycles. The fourth-order valence-corrected chi connectivity index (χ4v) is 1.44. The minimum Gasteiger partial charge on any atom is -0.508 e. The van der Waals surface area contributed by atoms with Gasteiger partial charge in [-0.05, 0) is 37.5 Å². The molecule has 0 spiro atoms. The Labute approximate surface area is 96.0 Å². The van der Waals surface area contributed by atoms with Crippen LogP contribution >= 0.6 is 0 Å². The number of allylic oxidation sites excluding steroid dienone is 3. The van der Waals surface area contributed by atoms with Crippen LogP contribution in [-0.4, -0.2) is 24.5 Å². The molecule has 1 atom stereocenters. The predicted octanol–water partition coefficient (Wildman–Crippen LogP) is 2.00. The van der Waals surface area contributed by atoms with E-state index in [1.807, 2.05) is 13.0 Å². The van der Waals surface area contributed by atoms with Gasteiger partial charge in [0, 0.05) is 6.61 Å². The zero-order valence-electron chi connectivity index (χ0n) is 9.61. The lowest BCUT2D eigenvalue weighted by molar-refractivity contribution is 0.0142. The average Bonchev–Trinajstić information content (AvgIpc) is 2.27. The molecule has 3 N–H and O–H groups in total. The van der Waals surface area contributed by atoms with Crippen LogP contribution in [0.5, 0.6) is 0 Å². The van der Waals surface area contributed by atoms with Gasteiger partial charge in [-0.15, -0.1) is 0 Å². The molecule has 0 heterocycles.